The lowest BCUT2D eigenvalue weighted by molar-refractivity contribution is -0.204. The van der Waals surface area contributed by atoms with E-state index in [4.69, 9.17) is 18.8 Å². The van der Waals surface area contributed by atoms with Gasteiger partial charge in [-0.1, -0.05) is 12.2 Å². The van der Waals surface area contributed by atoms with Crippen LogP contribution in [0.3, 0.4) is 0 Å². The van der Waals surface area contributed by atoms with Crippen molar-refractivity contribution in [2.45, 2.75) is 24.3 Å². The van der Waals surface area contributed by atoms with E-state index < -0.39 is 70.2 Å². The minimum absolute atomic E-state index is 0.0251. The minimum Gasteiger partial charge on any atom is -0.385 e. The number of aldehydes is 1. The number of aliphatic hydroxyl groups excluding tert-OH is 2. The molecule has 0 aromatic carbocycles. The van der Waals surface area contributed by atoms with Crippen molar-refractivity contribution < 1.29 is 74.7 Å². The van der Waals surface area contributed by atoms with E-state index in [9.17, 15) is 38.4 Å². The van der Waals surface area contributed by atoms with E-state index in [0.717, 1.165) is 0 Å². The van der Waals surface area contributed by atoms with Crippen molar-refractivity contribution in [2.75, 3.05) is 6.56 Å². The van der Waals surface area contributed by atoms with Crippen LogP contribution in [0.2, 0.25) is 0 Å². The summed E-state index contributed by atoms with van der Waals surface area (Å²) in [6.07, 6.45) is -9.03. The lowest BCUT2D eigenvalue weighted by atomic mass is 10.1. The zero-order valence-corrected chi connectivity index (χ0v) is 18.2. The fourth-order valence-corrected chi connectivity index (χ4v) is 5.10. The third-order valence-corrected chi connectivity index (χ3v) is 7.22. The van der Waals surface area contributed by atoms with Gasteiger partial charge in [-0.25, -0.2) is 22.9 Å². The molecular weight excluding hydrogens is 532 g/mol. The number of hydrogen-bond donors (Lipinski definition) is 7. The Hall–Kier alpha value is -1.01. The van der Waals surface area contributed by atoms with Gasteiger partial charge < -0.3 is 34.5 Å². The van der Waals surface area contributed by atoms with Crippen LogP contribution in [0.15, 0.2) is 11.0 Å². The van der Waals surface area contributed by atoms with Crippen LogP contribution < -0.4 is 5.69 Å². The van der Waals surface area contributed by atoms with E-state index in [2.05, 4.69) is 30.1 Å². The van der Waals surface area contributed by atoms with E-state index >= 15 is 4.39 Å². The molecule has 2 unspecified atom stereocenters. The van der Waals surface area contributed by atoms with Crippen LogP contribution >= 0.6 is 35.7 Å². The highest BCUT2D eigenvalue weighted by atomic mass is 32.1. The van der Waals surface area contributed by atoms with Crippen LogP contribution in [0.5, 0.6) is 0 Å². The molecule has 6 atom stereocenters. The van der Waals surface area contributed by atoms with Gasteiger partial charge in [0.1, 0.15) is 23.4 Å². The zero-order chi connectivity index (χ0) is 27.4. The minimum atomic E-state index is -6.37. The van der Waals surface area contributed by atoms with Crippen LogP contribution in [0.25, 0.3) is 0 Å². The summed E-state index contributed by atoms with van der Waals surface area (Å²) in [7, 11) is -18.4. The van der Waals surface area contributed by atoms with Gasteiger partial charge in [-0.2, -0.15) is 8.62 Å². The fraction of sp³-hybridized carbons (Fsp3) is 0.500. The first-order valence-corrected chi connectivity index (χ1v) is 12.3. The zero-order valence-electron chi connectivity index (χ0n) is 17.7. The number of carbonyl (C=O) groups is 1. The molecular formula is C10H14FN2O15P3S. The largest absolute Gasteiger partial charge is 0.490 e. The van der Waals surface area contributed by atoms with E-state index in [1.54, 1.807) is 0 Å². The second-order valence-electron chi connectivity index (χ2n) is 5.59. The Balaban J connectivity index is 2.47. The molecule has 1 aromatic rings. The predicted octanol–water partition coefficient (Wildman–Crippen LogP) is -1.02. The SMILES string of the molecule is [2H]C([2H])(OP(=O)(O)OP(=O)(O)OP(=O)(O)O)[C@@]1(F)O[C@@]([2H])(n2cc(C=O)c(=S)[nH]c2=O)[C@H](O)[C@@H]1O. The molecule has 2 rings (SSSR count). The highest BCUT2D eigenvalue weighted by molar-refractivity contribution is 7.71. The third kappa shape index (κ3) is 6.53. The van der Waals surface area contributed by atoms with Crippen molar-refractivity contribution in [2.24, 2.45) is 0 Å². The second-order valence-corrected chi connectivity index (χ2v) is 10.3. The number of ether oxygens (including phenoxy) is 1. The number of alkyl halides is 1. The van der Waals surface area contributed by atoms with E-state index in [-0.39, 0.29) is 10.9 Å². The van der Waals surface area contributed by atoms with Crippen molar-refractivity contribution in [3.8, 4) is 0 Å². The quantitative estimate of drug-likeness (QED) is 0.110. The Morgan fingerprint density at radius 2 is 1.91 bits per heavy atom. The molecule has 17 nitrogen and oxygen atoms in total. The van der Waals surface area contributed by atoms with Crippen molar-refractivity contribution in [1.29, 1.82) is 0 Å². The molecule has 0 aliphatic carbocycles. The molecule has 1 aliphatic rings. The number of aliphatic hydroxyl groups is 2. The first-order chi connectivity index (χ1) is 15.5. The summed E-state index contributed by atoms with van der Waals surface area (Å²) in [4.78, 5) is 60.6. The Bertz CT molecular complexity index is 1290. The molecule has 0 bridgehead atoms. The summed E-state index contributed by atoms with van der Waals surface area (Å²) in [5.74, 6) is -4.53. The fourth-order valence-electron chi connectivity index (χ4n) is 2.03. The number of phosphoric ester groups is 1. The van der Waals surface area contributed by atoms with Gasteiger partial charge in [-0.15, -0.1) is 0 Å². The van der Waals surface area contributed by atoms with Crippen LogP contribution in [-0.4, -0.2) is 70.2 Å². The van der Waals surface area contributed by atoms with Crippen molar-refractivity contribution in [3.05, 3.63) is 26.9 Å². The molecule has 0 amide bonds. The topological polar surface area (TPSA) is 264 Å². The Morgan fingerprint density at radius 3 is 2.44 bits per heavy atom. The number of phosphoric acid groups is 3. The molecule has 0 radical (unpaired) electrons. The number of carbonyl (C=O) groups excluding carboxylic acids is 1. The van der Waals surface area contributed by atoms with Gasteiger partial charge in [-0.3, -0.25) is 18.9 Å². The van der Waals surface area contributed by atoms with Gasteiger partial charge in [0, 0.05) is 6.20 Å². The van der Waals surface area contributed by atoms with Crippen molar-refractivity contribution >= 4 is 42.0 Å². The monoisotopic (exact) mass is 549 g/mol. The molecule has 0 spiro atoms. The van der Waals surface area contributed by atoms with E-state index in [1.807, 2.05) is 4.98 Å². The molecule has 1 aromatic heterocycles. The Kier molecular flexibility index (Phi) is 6.63. The highest BCUT2D eigenvalue weighted by Gasteiger charge is 2.57. The normalized spacial score (nSPS) is 34.0. The van der Waals surface area contributed by atoms with E-state index in [0.29, 0.717) is 6.20 Å². The molecule has 2 heterocycles. The molecule has 1 aliphatic heterocycles. The Labute approximate surface area is 184 Å². The van der Waals surface area contributed by atoms with Gasteiger partial charge >= 0.3 is 29.2 Å². The number of hydrogen-bond acceptors (Lipinski definition) is 12. The molecule has 22 heteroatoms. The van der Waals surface area contributed by atoms with E-state index in [1.165, 1.54) is 0 Å². The third-order valence-electron chi connectivity index (χ3n) is 3.24. The number of halogens is 1. The van der Waals surface area contributed by atoms with Gasteiger partial charge in [0.05, 0.1) is 9.68 Å². The van der Waals surface area contributed by atoms with Gasteiger partial charge in [0.25, 0.3) is 5.85 Å². The predicted molar refractivity (Wildman–Crippen MR) is 97.1 cm³/mol. The van der Waals surface area contributed by atoms with Crippen LogP contribution in [0, 0.1) is 4.64 Å². The summed E-state index contributed by atoms with van der Waals surface area (Å²) in [5.41, 5.74) is -1.94. The molecule has 7 N–H and O–H groups in total. The number of nitrogens with zero attached hydrogens (tertiary/aromatic N) is 1. The molecule has 182 valence electrons. The number of aromatic nitrogens is 2. The summed E-state index contributed by atoms with van der Waals surface area (Å²) in [6, 6.07) is 0. The summed E-state index contributed by atoms with van der Waals surface area (Å²) < 4.78 is 86.9. The first-order valence-electron chi connectivity index (χ1n) is 8.92. The number of nitrogens with one attached hydrogen (secondary N) is 1. The van der Waals surface area contributed by atoms with Gasteiger partial charge in [0.2, 0.25) is 0 Å². The van der Waals surface area contributed by atoms with Gasteiger partial charge in [-0.05, 0) is 0 Å². The average molecular weight is 549 g/mol. The number of H-pyrrole nitrogens is 1. The van der Waals surface area contributed by atoms with Crippen LogP contribution in [-0.2, 0) is 31.6 Å². The standard InChI is InChI=1S/C10H14FN2O15P3S/c11-10(3-25-30(21,22)28-31(23,24)27-29(18,19)20)6(16)5(15)8(26-10)13-1-4(2-14)7(32)12-9(13)17/h1-2,5-6,8,15-16H,3H2,(H,21,22)(H,23,24)(H,12,17,32)(H2,18,19,20)/t5-,6+,8-,10-/m1/s1/i3D2,8D. The van der Waals surface area contributed by atoms with Crippen molar-refractivity contribution in [3.63, 3.8) is 0 Å². The van der Waals surface area contributed by atoms with Crippen molar-refractivity contribution in [1.82, 2.24) is 9.55 Å². The maximum atomic E-state index is 15.5. The first kappa shape index (κ1) is 22.8. The Morgan fingerprint density at radius 1 is 1.31 bits per heavy atom. The van der Waals surface area contributed by atoms with Crippen LogP contribution in [0.1, 0.15) is 20.7 Å². The molecule has 1 saturated heterocycles. The summed E-state index contributed by atoms with van der Waals surface area (Å²) in [5, 5.41) is 20.2. The molecule has 1 fully saturated rings. The number of rotatable bonds is 9. The molecule has 32 heavy (non-hydrogen) atoms. The second kappa shape index (κ2) is 9.32. The summed E-state index contributed by atoms with van der Waals surface area (Å²) >= 11 is 4.66. The average Bonchev–Trinajstić information content (AvgIpc) is 2.79. The lowest BCUT2D eigenvalue weighted by Crippen LogP contribution is -2.43. The summed E-state index contributed by atoms with van der Waals surface area (Å²) in [6.45, 7) is -4.48. The maximum Gasteiger partial charge on any atom is 0.490 e. The smallest absolute Gasteiger partial charge is 0.385 e. The van der Waals surface area contributed by atoms with Crippen LogP contribution in [0.4, 0.5) is 4.39 Å². The van der Waals surface area contributed by atoms with Gasteiger partial charge in [0.15, 0.2) is 12.5 Å². The molecule has 0 saturated carbocycles. The lowest BCUT2D eigenvalue weighted by Gasteiger charge is -2.24. The highest BCUT2D eigenvalue weighted by Crippen LogP contribution is 2.66. The maximum absolute atomic E-state index is 15.5. The number of aromatic amines is 1.